The monoisotopic (exact) mass is 484 g/mol. The molecule has 1 aromatic carbocycles. The highest BCUT2D eigenvalue weighted by Gasteiger charge is 2.45. The number of halogens is 1. The molecule has 0 bridgehead atoms. The summed E-state index contributed by atoms with van der Waals surface area (Å²) in [5.41, 5.74) is 3.02. The average molecular weight is 484 g/mol. The second kappa shape index (κ2) is 9.75. The number of rotatable bonds is 6. The zero-order valence-corrected chi connectivity index (χ0v) is 19.1. The molecule has 0 aromatic heterocycles. The number of hydrogen-bond donors (Lipinski definition) is 2. The van der Waals surface area contributed by atoms with Gasteiger partial charge >= 0.3 is 0 Å². The van der Waals surface area contributed by atoms with Gasteiger partial charge in [0.25, 0.3) is 0 Å². The molecular formula is C21H33IN4O. The predicted molar refractivity (Wildman–Crippen MR) is 122 cm³/mol. The van der Waals surface area contributed by atoms with Gasteiger partial charge in [-0.15, -0.1) is 24.0 Å². The van der Waals surface area contributed by atoms with E-state index in [1.165, 1.54) is 24.0 Å². The highest BCUT2D eigenvalue weighted by Crippen LogP contribution is 2.49. The molecule has 2 aliphatic rings. The van der Waals surface area contributed by atoms with Crippen LogP contribution in [-0.4, -0.2) is 49.0 Å². The number of aliphatic imine (C=N–C) groups is 1. The van der Waals surface area contributed by atoms with E-state index in [-0.39, 0.29) is 41.3 Å². The minimum absolute atomic E-state index is 0. The highest BCUT2D eigenvalue weighted by molar-refractivity contribution is 14.0. The molecule has 1 aliphatic carbocycles. The van der Waals surface area contributed by atoms with Crippen LogP contribution in [0.2, 0.25) is 0 Å². The second-order valence-electron chi connectivity index (χ2n) is 7.61. The van der Waals surface area contributed by atoms with E-state index < -0.39 is 0 Å². The Morgan fingerprint density at radius 3 is 2.67 bits per heavy atom. The summed E-state index contributed by atoms with van der Waals surface area (Å²) < 4.78 is 0. The summed E-state index contributed by atoms with van der Waals surface area (Å²) in [7, 11) is 0. The molecule has 6 heteroatoms. The molecule has 1 saturated heterocycles. The number of nitrogens with zero attached hydrogens (tertiary/aromatic N) is 2. The largest absolute Gasteiger partial charge is 0.357 e. The Morgan fingerprint density at radius 1 is 1.30 bits per heavy atom. The van der Waals surface area contributed by atoms with E-state index in [2.05, 4.69) is 48.7 Å². The number of aryl methyl sites for hydroxylation is 1. The minimum Gasteiger partial charge on any atom is -0.357 e. The Morgan fingerprint density at radius 2 is 2.04 bits per heavy atom. The number of likely N-dealkylation sites (tertiary alicyclic amines) is 1. The number of carbonyl (C=O) groups is 1. The molecular weight excluding hydrogens is 451 g/mol. The Kier molecular flexibility index (Phi) is 7.94. The SMILES string of the molecule is CCNC(=NCC1(c2ccccc2C)CC1)NC1CCN(C(=O)CC)C1.I. The van der Waals surface area contributed by atoms with E-state index in [0.29, 0.717) is 6.42 Å². The van der Waals surface area contributed by atoms with Crippen molar-refractivity contribution < 1.29 is 4.79 Å². The van der Waals surface area contributed by atoms with Crippen LogP contribution in [-0.2, 0) is 10.2 Å². The first-order valence-electron chi connectivity index (χ1n) is 9.96. The highest BCUT2D eigenvalue weighted by atomic mass is 127. The average Bonchev–Trinajstić information content (AvgIpc) is 3.29. The van der Waals surface area contributed by atoms with Crippen LogP contribution in [0.15, 0.2) is 29.3 Å². The summed E-state index contributed by atoms with van der Waals surface area (Å²) in [5.74, 6) is 1.12. The Labute approximate surface area is 180 Å². The molecule has 150 valence electrons. The van der Waals surface area contributed by atoms with Gasteiger partial charge in [-0.2, -0.15) is 0 Å². The number of guanidine groups is 1. The van der Waals surface area contributed by atoms with Crippen LogP contribution >= 0.6 is 24.0 Å². The maximum atomic E-state index is 11.9. The van der Waals surface area contributed by atoms with Gasteiger partial charge in [0.1, 0.15) is 0 Å². The predicted octanol–water partition coefficient (Wildman–Crippen LogP) is 3.21. The van der Waals surface area contributed by atoms with Gasteiger partial charge in [-0.25, -0.2) is 0 Å². The second-order valence-corrected chi connectivity index (χ2v) is 7.61. The van der Waals surface area contributed by atoms with Gasteiger partial charge in [0.2, 0.25) is 5.91 Å². The molecule has 27 heavy (non-hydrogen) atoms. The molecule has 1 aromatic rings. The summed E-state index contributed by atoms with van der Waals surface area (Å²) in [6, 6.07) is 8.97. The third kappa shape index (κ3) is 5.36. The van der Waals surface area contributed by atoms with Crippen molar-refractivity contribution in [1.82, 2.24) is 15.5 Å². The molecule has 1 amide bonds. The van der Waals surface area contributed by atoms with Crippen LogP contribution in [0.5, 0.6) is 0 Å². The topological polar surface area (TPSA) is 56.7 Å². The lowest BCUT2D eigenvalue weighted by Crippen LogP contribution is -2.45. The molecule has 1 unspecified atom stereocenters. The van der Waals surface area contributed by atoms with Crippen molar-refractivity contribution in [3.05, 3.63) is 35.4 Å². The van der Waals surface area contributed by atoms with Gasteiger partial charge < -0.3 is 15.5 Å². The van der Waals surface area contributed by atoms with Crippen LogP contribution in [0.3, 0.4) is 0 Å². The lowest BCUT2D eigenvalue weighted by Gasteiger charge is -2.20. The quantitative estimate of drug-likeness (QED) is 0.371. The fourth-order valence-electron chi connectivity index (χ4n) is 3.90. The van der Waals surface area contributed by atoms with Gasteiger partial charge in [0, 0.05) is 37.5 Å². The molecule has 5 nitrogen and oxygen atoms in total. The number of amides is 1. The summed E-state index contributed by atoms with van der Waals surface area (Å²) in [5, 5.41) is 6.91. The fraction of sp³-hybridized carbons (Fsp3) is 0.619. The summed E-state index contributed by atoms with van der Waals surface area (Å²) in [4.78, 5) is 18.7. The van der Waals surface area contributed by atoms with Crippen LogP contribution in [0.4, 0.5) is 0 Å². The normalized spacial score (nSPS) is 20.8. The smallest absolute Gasteiger partial charge is 0.222 e. The van der Waals surface area contributed by atoms with E-state index in [1.54, 1.807) is 0 Å². The molecule has 1 aliphatic heterocycles. The van der Waals surface area contributed by atoms with Crippen molar-refractivity contribution in [2.24, 2.45) is 4.99 Å². The summed E-state index contributed by atoms with van der Waals surface area (Å²) >= 11 is 0. The number of carbonyl (C=O) groups excluding carboxylic acids is 1. The van der Waals surface area contributed by atoms with E-state index >= 15 is 0 Å². The summed E-state index contributed by atoms with van der Waals surface area (Å²) in [6.45, 7) is 9.49. The first-order valence-corrected chi connectivity index (χ1v) is 9.96. The molecule has 0 radical (unpaired) electrons. The molecule has 2 fully saturated rings. The Hall–Kier alpha value is -1.31. The summed E-state index contributed by atoms with van der Waals surface area (Å²) in [6.07, 6.45) is 3.99. The maximum Gasteiger partial charge on any atom is 0.222 e. The first kappa shape index (κ1) is 22.0. The van der Waals surface area contributed by atoms with Crippen molar-refractivity contribution >= 4 is 35.8 Å². The van der Waals surface area contributed by atoms with Crippen LogP contribution in [0.1, 0.15) is 50.7 Å². The molecule has 1 atom stereocenters. The number of benzene rings is 1. The van der Waals surface area contributed by atoms with Crippen molar-refractivity contribution in [2.75, 3.05) is 26.2 Å². The van der Waals surface area contributed by atoms with Crippen molar-refractivity contribution in [1.29, 1.82) is 0 Å². The van der Waals surface area contributed by atoms with Crippen LogP contribution in [0, 0.1) is 6.92 Å². The zero-order chi connectivity index (χ0) is 18.6. The fourth-order valence-corrected chi connectivity index (χ4v) is 3.90. The van der Waals surface area contributed by atoms with Gasteiger partial charge in [-0.05, 0) is 44.2 Å². The maximum absolute atomic E-state index is 11.9. The lowest BCUT2D eigenvalue weighted by molar-refractivity contribution is -0.129. The van der Waals surface area contributed by atoms with Gasteiger partial charge in [-0.1, -0.05) is 31.2 Å². The van der Waals surface area contributed by atoms with Crippen LogP contribution < -0.4 is 10.6 Å². The van der Waals surface area contributed by atoms with Gasteiger partial charge in [0.15, 0.2) is 5.96 Å². The van der Waals surface area contributed by atoms with Crippen molar-refractivity contribution in [2.45, 2.75) is 57.9 Å². The standard InChI is InChI=1S/C21H32N4O.HI/c1-4-19(26)25-13-10-17(14-25)24-20(22-5-2)23-15-21(11-12-21)18-9-7-6-8-16(18)3;/h6-9,17H,4-5,10-15H2,1-3H3,(H2,22,23,24);1H. The molecule has 1 heterocycles. The van der Waals surface area contributed by atoms with Gasteiger partial charge in [-0.3, -0.25) is 9.79 Å². The molecule has 3 rings (SSSR count). The number of nitrogens with one attached hydrogen (secondary N) is 2. The minimum atomic E-state index is 0. The molecule has 2 N–H and O–H groups in total. The third-order valence-corrected chi connectivity index (χ3v) is 5.64. The third-order valence-electron chi connectivity index (χ3n) is 5.64. The lowest BCUT2D eigenvalue weighted by atomic mass is 9.92. The number of hydrogen-bond acceptors (Lipinski definition) is 2. The van der Waals surface area contributed by atoms with E-state index in [0.717, 1.165) is 38.6 Å². The van der Waals surface area contributed by atoms with E-state index in [9.17, 15) is 4.79 Å². The van der Waals surface area contributed by atoms with E-state index in [4.69, 9.17) is 4.99 Å². The van der Waals surface area contributed by atoms with Crippen molar-refractivity contribution in [3.8, 4) is 0 Å². The van der Waals surface area contributed by atoms with Crippen molar-refractivity contribution in [3.63, 3.8) is 0 Å². The first-order chi connectivity index (χ1) is 12.6. The molecule has 1 saturated carbocycles. The Balaban J connectivity index is 0.00000261. The Bertz CT molecular complexity index is 672. The molecule has 0 spiro atoms. The van der Waals surface area contributed by atoms with Gasteiger partial charge in [0.05, 0.1) is 6.54 Å². The zero-order valence-electron chi connectivity index (χ0n) is 16.8. The van der Waals surface area contributed by atoms with E-state index in [1.807, 2.05) is 11.8 Å². The van der Waals surface area contributed by atoms with Crippen LogP contribution in [0.25, 0.3) is 0 Å².